The number of amides is 2. The number of thiophene rings is 1. The van der Waals surface area contributed by atoms with Gasteiger partial charge in [-0.3, -0.25) is 9.69 Å². The molecule has 12 heteroatoms. The van der Waals surface area contributed by atoms with E-state index in [9.17, 15) is 27.9 Å². The Balaban J connectivity index is 2.30. The van der Waals surface area contributed by atoms with E-state index in [2.05, 4.69) is 5.32 Å². The number of hydrogen-bond acceptors (Lipinski definition) is 7. The first-order chi connectivity index (χ1) is 15.0. The van der Waals surface area contributed by atoms with Gasteiger partial charge in [0.1, 0.15) is 11.7 Å². The molecule has 2 heterocycles. The fourth-order valence-corrected chi connectivity index (χ4v) is 4.44. The maximum Gasteiger partial charge on any atom is 0.437 e. The molecule has 8 nitrogen and oxygen atoms in total. The Hall–Kier alpha value is -2.99. The number of hydrogen-bond donors (Lipinski definition) is 2. The molecule has 3 atom stereocenters. The minimum Gasteiger partial charge on any atom is -0.496 e. The van der Waals surface area contributed by atoms with Gasteiger partial charge < -0.3 is 24.6 Å². The van der Waals surface area contributed by atoms with Crippen LogP contribution in [0, 0.1) is 5.92 Å². The predicted octanol–water partition coefficient (Wildman–Crippen LogP) is 3.22. The first-order valence-electron chi connectivity index (χ1n) is 9.22. The van der Waals surface area contributed by atoms with Crippen molar-refractivity contribution in [3.63, 3.8) is 0 Å². The second-order valence-electron chi connectivity index (χ2n) is 6.98. The van der Waals surface area contributed by atoms with Crippen molar-refractivity contribution in [1.29, 1.82) is 0 Å². The Morgan fingerprint density at radius 2 is 1.75 bits per heavy atom. The van der Waals surface area contributed by atoms with E-state index < -0.39 is 35.7 Å². The molecule has 174 valence electrons. The normalized spacial score (nSPS) is 23.5. The minimum absolute atomic E-state index is 0.00387. The van der Waals surface area contributed by atoms with Crippen molar-refractivity contribution in [3.05, 3.63) is 40.1 Å². The van der Waals surface area contributed by atoms with Gasteiger partial charge >= 0.3 is 12.2 Å². The average molecular weight is 474 g/mol. The molecule has 1 fully saturated rings. The Bertz CT molecular complexity index is 1010. The summed E-state index contributed by atoms with van der Waals surface area (Å²) in [6, 6.07) is 2.69. The van der Waals surface area contributed by atoms with Crippen molar-refractivity contribution in [1.82, 2.24) is 10.2 Å². The highest BCUT2D eigenvalue weighted by atomic mass is 32.1. The number of nitrogens with one attached hydrogen (secondary N) is 1. The first kappa shape index (κ1) is 23.7. The summed E-state index contributed by atoms with van der Waals surface area (Å²) >= 11 is 0.924. The lowest BCUT2D eigenvalue weighted by atomic mass is 9.77. The monoisotopic (exact) mass is 474 g/mol. The fraction of sp³-hybridized carbons (Fsp3) is 0.400. The van der Waals surface area contributed by atoms with Crippen LogP contribution in [0.4, 0.5) is 18.0 Å². The molecule has 2 amide bonds. The largest absolute Gasteiger partial charge is 0.496 e. The molecule has 1 aliphatic rings. The molecule has 1 aromatic heterocycles. The molecule has 3 rings (SSSR count). The van der Waals surface area contributed by atoms with Crippen LogP contribution < -0.4 is 19.5 Å². The van der Waals surface area contributed by atoms with Gasteiger partial charge in [-0.05, 0) is 17.5 Å². The van der Waals surface area contributed by atoms with Gasteiger partial charge in [0.05, 0.1) is 32.2 Å². The smallest absolute Gasteiger partial charge is 0.437 e. The van der Waals surface area contributed by atoms with E-state index in [0.29, 0.717) is 0 Å². The van der Waals surface area contributed by atoms with E-state index in [1.54, 1.807) is 0 Å². The molecule has 0 saturated carbocycles. The summed E-state index contributed by atoms with van der Waals surface area (Å²) in [5.41, 5.74) is -3.79. The molecule has 1 saturated heterocycles. The summed E-state index contributed by atoms with van der Waals surface area (Å²) in [4.78, 5) is 25.9. The number of nitrogens with zero attached hydrogens (tertiary/aromatic N) is 1. The van der Waals surface area contributed by atoms with E-state index in [4.69, 9.17) is 14.2 Å². The minimum atomic E-state index is -5.35. The zero-order valence-corrected chi connectivity index (χ0v) is 18.3. The zero-order valence-electron chi connectivity index (χ0n) is 17.5. The molecule has 2 N–H and O–H groups in total. The van der Waals surface area contributed by atoms with Gasteiger partial charge in [0.25, 0.3) is 5.72 Å². The lowest BCUT2D eigenvalue weighted by Crippen LogP contribution is -2.72. The number of aliphatic hydroxyl groups is 1. The van der Waals surface area contributed by atoms with Crippen LogP contribution in [0.2, 0.25) is 0 Å². The number of urea groups is 1. The van der Waals surface area contributed by atoms with Crippen LogP contribution in [-0.4, -0.2) is 62.1 Å². The molecule has 1 aromatic carbocycles. The lowest BCUT2D eigenvalue weighted by molar-refractivity contribution is -0.322. The van der Waals surface area contributed by atoms with E-state index in [-0.39, 0.29) is 32.6 Å². The molecular formula is C20H21F3N2O6S. The lowest BCUT2D eigenvalue weighted by Gasteiger charge is -2.49. The quantitative estimate of drug-likeness (QED) is 0.624. The maximum absolute atomic E-state index is 14.2. The molecular weight excluding hydrogens is 453 g/mol. The number of rotatable bonds is 6. The van der Waals surface area contributed by atoms with Crippen LogP contribution in [0.1, 0.15) is 21.3 Å². The molecule has 0 spiro atoms. The predicted molar refractivity (Wildman–Crippen MR) is 108 cm³/mol. The van der Waals surface area contributed by atoms with E-state index >= 15 is 0 Å². The third-order valence-electron chi connectivity index (χ3n) is 5.40. The van der Waals surface area contributed by atoms with Gasteiger partial charge in [0.15, 0.2) is 17.3 Å². The number of alkyl halides is 3. The molecule has 0 aliphatic carbocycles. The highest BCUT2D eigenvalue weighted by Gasteiger charge is 2.69. The number of ketones is 1. The van der Waals surface area contributed by atoms with Crippen molar-refractivity contribution in [3.8, 4) is 17.2 Å². The van der Waals surface area contributed by atoms with Crippen molar-refractivity contribution >= 4 is 23.2 Å². The zero-order chi connectivity index (χ0) is 23.8. The van der Waals surface area contributed by atoms with Gasteiger partial charge in [-0.2, -0.15) is 13.2 Å². The van der Waals surface area contributed by atoms with Gasteiger partial charge in [0, 0.05) is 18.7 Å². The van der Waals surface area contributed by atoms with Gasteiger partial charge in [0.2, 0.25) is 0 Å². The summed E-state index contributed by atoms with van der Waals surface area (Å²) in [6.45, 7) is 0. The third-order valence-corrected chi connectivity index (χ3v) is 6.28. The summed E-state index contributed by atoms with van der Waals surface area (Å²) in [5.74, 6) is -2.76. The number of halogens is 3. The molecule has 0 radical (unpaired) electrons. The van der Waals surface area contributed by atoms with Crippen molar-refractivity contribution in [2.24, 2.45) is 5.92 Å². The second kappa shape index (κ2) is 8.51. The maximum atomic E-state index is 14.2. The molecule has 0 bridgehead atoms. The number of carbonyl (C=O) groups is 2. The molecule has 0 unspecified atom stereocenters. The first-order valence-corrected chi connectivity index (χ1v) is 10.1. The summed E-state index contributed by atoms with van der Waals surface area (Å²) in [6.07, 6.45) is -5.35. The van der Waals surface area contributed by atoms with Crippen LogP contribution >= 0.6 is 11.3 Å². The van der Waals surface area contributed by atoms with E-state index in [1.807, 2.05) is 0 Å². The number of carbonyl (C=O) groups excluding carboxylic acids is 2. The van der Waals surface area contributed by atoms with Crippen LogP contribution in [0.3, 0.4) is 0 Å². The Morgan fingerprint density at radius 1 is 1.16 bits per heavy atom. The topological polar surface area (TPSA) is 97.3 Å². The van der Waals surface area contributed by atoms with Crippen molar-refractivity contribution < 1.29 is 42.1 Å². The number of Topliss-reactive ketones (excluding diaryl/α,β-unsaturated/α-hetero) is 1. The van der Waals surface area contributed by atoms with Crippen LogP contribution in [0.25, 0.3) is 0 Å². The van der Waals surface area contributed by atoms with Crippen molar-refractivity contribution in [2.45, 2.75) is 17.9 Å². The average Bonchev–Trinajstić information content (AvgIpc) is 3.30. The number of ether oxygens (including phenoxy) is 3. The summed E-state index contributed by atoms with van der Waals surface area (Å²) < 4.78 is 58.4. The van der Waals surface area contributed by atoms with Crippen LogP contribution in [-0.2, 0) is 0 Å². The SMILES string of the molecule is COc1cc(OC)c([C@@H]2NC(=O)N(C)[C@](O)(C(F)(F)F)[C@@H]2C(=O)c2cccs2)cc1OC. The van der Waals surface area contributed by atoms with Gasteiger partial charge in [-0.15, -0.1) is 11.3 Å². The van der Waals surface area contributed by atoms with Gasteiger partial charge in [-0.1, -0.05) is 6.07 Å². The summed E-state index contributed by atoms with van der Waals surface area (Å²) in [7, 11) is 4.73. The standard InChI is InChI=1S/C20H21F3N2O6S/c1-25-18(27)24-16(10-8-12(30-3)13(31-4)9-11(10)29-2)15(19(25,28)20(21,22)23)17(26)14-6-5-7-32-14/h5-9,15-16,28H,1-4H3,(H,24,27)/t15-,16-,19+/m0/s1. The second-order valence-corrected chi connectivity index (χ2v) is 7.93. The molecule has 2 aromatic rings. The van der Waals surface area contributed by atoms with E-state index in [1.165, 1.54) is 51.0 Å². The Labute approximate surface area is 185 Å². The summed E-state index contributed by atoms with van der Waals surface area (Å²) in [5, 5.41) is 14.9. The fourth-order valence-electron chi connectivity index (χ4n) is 3.73. The third kappa shape index (κ3) is 3.62. The Morgan fingerprint density at radius 3 is 2.25 bits per heavy atom. The van der Waals surface area contributed by atoms with Crippen molar-refractivity contribution in [2.75, 3.05) is 28.4 Å². The number of methoxy groups -OCH3 is 3. The highest BCUT2D eigenvalue weighted by Crippen LogP contribution is 2.50. The van der Waals surface area contributed by atoms with Gasteiger partial charge in [-0.25, -0.2) is 4.79 Å². The number of benzene rings is 1. The van der Waals surface area contributed by atoms with Crippen LogP contribution in [0.5, 0.6) is 17.2 Å². The molecule has 1 aliphatic heterocycles. The van der Waals surface area contributed by atoms with Crippen LogP contribution in [0.15, 0.2) is 29.6 Å². The highest BCUT2D eigenvalue weighted by molar-refractivity contribution is 7.12. The Kier molecular flexibility index (Phi) is 6.29. The molecule has 32 heavy (non-hydrogen) atoms. The van der Waals surface area contributed by atoms with E-state index in [0.717, 1.165) is 18.4 Å².